The van der Waals surface area contributed by atoms with Crippen LogP contribution in [0.25, 0.3) is 0 Å². The molecule has 1 aromatic heterocycles. The first-order chi connectivity index (χ1) is 6.69. The van der Waals surface area contributed by atoms with Crippen molar-refractivity contribution in [2.75, 3.05) is 6.54 Å². The smallest absolute Gasteiger partial charge is 0.308 e. The van der Waals surface area contributed by atoms with Crippen molar-refractivity contribution in [3.05, 3.63) is 18.2 Å². The normalized spacial score (nSPS) is 11.1. The molecule has 1 aromatic rings. The summed E-state index contributed by atoms with van der Waals surface area (Å²) in [5.41, 5.74) is 6.29. The summed E-state index contributed by atoms with van der Waals surface area (Å²) in [4.78, 5) is 14.7. The van der Waals surface area contributed by atoms with E-state index in [9.17, 15) is 4.79 Å². The largest absolute Gasteiger partial charge is 0.481 e. The molecule has 0 bridgehead atoms. The van der Waals surface area contributed by atoms with Crippen LogP contribution in [0.4, 0.5) is 0 Å². The lowest BCUT2D eigenvalue weighted by Crippen LogP contribution is -2.26. The molecule has 0 saturated heterocycles. The van der Waals surface area contributed by atoms with Crippen LogP contribution in [0.5, 0.6) is 0 Å². The Morgan fingerprint density at radius 3 is 2.69 bits per heavy atom. The van der Waals surface area contributed by atoms with Crippen molar-refractivity contribution in [3.63, 3.8) is 0 Å². The monoisotopic (exact) mass is 269 g/mol. The molecule has 1 rings (SSSR count). The maximum absolute atomic E-state index is 10.7. The number of halogens is 2. The molecule has 0 aliphatic heterocycles. The lowest BCUT2D eigenvalue weighted by Gasteiger charge is -2.10. The molecule has 1 unspecified atom stereocenters. The molecular formula is C9H17Cl2N3O2. The van der Waals surface area contributed by atoms with Gasteiger partial charge in [0.05, 0.1) is 12.2 Å². The topological polar surface area (TPSA) is 81.1 Å². The third-order valence-corrected chi connectivity index (χ3v) is 2.23. The van der Waals surface area contributed by atoms with E-state index >= 15 is 0 Å². The fraction of sp³-hybridized carbons (Fsp3) is 0.556. The van der Waals surface area contributed by atoms with Crippen LogP contribution in [0.2, 0.25) is 0 Å². The summed E-state index contributed by atoms with van der Waals surface area (Å²) in [6.45, 7) is 2.94. The highest BCUT2D eigenvalue weighted by Gasteiger charge is 2.17. The third-order valence-electron chi connectivity index (χ3n) is 2.23. The van der Waals surface area contributed by atoms with Crippen LogP contribution in [-0.2, 0) is 17.8 Å². The Morgan fingerprint density at radius 2 is 2.25 bits per heavy atom. The molecule has 0 aliphatic carbocycles. The quantitative estimate of drug-likeness (QED) is 0.834. The Balaban J connectivity index is 0. The summed E-state index contributed by atoms with van der Waals surface area (Å²) >= 11 is 0. The van der Waals surface area contributed by atoms with E-state index in [1.165, 1.54) is 0 Å². The van der Waals surface area contributed by atoms with Gasteiger partial charge in [0.25, 0.3) is 0 Å². The van der Waals surface area contributed by atoms with Gasteiger partial charge in [0.15, 0.2) is 0 Å². The average molecular weight is 270 g/mol. The number of imidazole rings is 1. The first kappa shape index (κ1) is 17.6. The minimum Gasteiger partial charge on any atom is -0.481 e. The van der Waals surface area contributed by atoms with Crippen molar-refractivity contribution < 1.29 is 9.90 Å². The van der Waals surface area contributed by atoms with Gasteiger partial charge < -0.3 is 15.4 Å². The fourth-order valence-electron chi connectivity index (χ4n) is 1.33. The number of nitrogens with zero attached hydrogens (tertiary/aromatic N) is 2. The molecule has 0 aromatic carbocycles. The Hall–Kier alpha value is -0.780. The van der Waals surface area contributed by atoms with Crippen molar-refractivity contribution in [2.24, 2.45) is 11.7 Å². The van der Waals surface area contributed by atoms with Crippen LogP contribution in [0, 0.1) is 5.92 Å². The summed E-state index contributed by atoms with van der Waals surface area (Å²) in [6.07, 6.45) is 3.83. The first-order valence-corrected chi connectivity index (χ1v) is 4.60. The van der Waals surface area contributed by atoms with Gasteiger partial charge in [0.2, 0.25) is 0 Å². The molecule has 3 N–H and O–H groups in total. The number of nitrogens with two attached hydrogens (primary N) is 1. The summed E-state index contributed by atoms with van der Waals surface area (Å²) in [6, 6.07) is 0. The van der Waals surface area contributed by atoms with Gasteiger partial charge in [-0.3, -0.25) is 4.79 Å². The number of carbonyl (C=O) groups is 1. The van der Waals surface area contributed by atoms with Crippen LogP contribution >= 0.6 is 24.8 Å². The fourth-order valence-corrected chi connectivity index (χ4v) is 1.33. The third kappa shape index (κ3) is 4.38. The van der Waals surface area contributed by atoms with E-state index in [2.05, 4.69) is 4.98 Å². The number of carboxylic acids is 1. The molecular weight excluding hydrogens is 253 g/mol. The lowest BCUT2D eigenvalue weighted by atomic mass is 10.0. The van der Waals surface area contributed by atoms with Crippen LogP contribution in [0.15, 0.2) is 12.5 Å². The maximum Gasteiger partial charge on any atom is 0.308 e. The van der Waals surface area contributed by atoms with Gasteiger partial charge in [-0.05, 0) is 6.92 Å². The van der Waals surface area contributed by atoms with Gasteiger partial charge >= 0.3 is 5.97 Å². The maximum atomic E-state index is 10.7. The molecule has 0 fully saturated rings. The zero-order valence-electron chi connectivity index (χ0n) is 9.00. The van der Waals surface area contributed by atoms with Gasteiger partial charge in [-0.25, -0.2) is 4.98 Å². The molecule has 0 spiro atoms. The van der Waals surface area contributed by atoms with Gasteiger partial charge in [0.1, 0.15) is 0 Å². The van der Waals surface area contributed by atoms with Crippen LogP contribution in [-0.4, -0.2) is 27.2 Å². The molecule has 16 heavy (non-hydrogen) atoms. The molecule has 0 aliphatic rings. The van der Waals surface area contributed by atoms with Gasteiger partial charge in [0, 0.05) is 31.4 Å². The van der Waals surface area contributed by atoms with Crippen molar-refractivity contribution in [1.29, 1.82) is 0 Å². The van der Waals surface area contributed by atoms with Crippen molar-refractivity contribution in [1.82, 2.24) is 9.55 Å². The summed E-state index contributed by atoms with van der Waals surface area (Å²) in [7, 11) is 0. The molecule has 5 nitrogen and oxygen atoms in total. The number of hydrogen-bond acceptors (Lipinski definition) is 3. The standard InChI is InChI=1S/C9H15N3O2.2ClH/c1-2-12-6-11-5-8(12)3-7(4-10)9(13)14;;/h5-7H,2-4,10H2,1H3,(H,13,14);2*1H. The van der Waals surface area contributed by atoms with E-state index in [0.29, 0.717) is 6.42 Å². The molecule has 94 valence electrons. The van der Waals surface area contributed by atoms with E-state index in [4.69, 9.17) is 10.8 Å². The second kappa shape index (κ2) is 8.38. The van der Waals surface area contributed by atoms with E-state index in [1.54, 1.807) is 12.5 Å². The van der Waals surface area contributed by atoms with E-state index in [-0.39, 0.29) is 31.4 Å². The number of aryl methyl sites for hydroxylation is 1. The van der Waals surface area contributed by atoms with E-state index < -0.39 is 11.9 Å². The number of aromatic nitrogens is 2. The Kier molecular flexibility index (Phi) is 9.22. The SMILES string of the molecule is CCn1cncc1CC(CN)C(=O)O.Cl.Cl. The Bertz CT molecular complexity index is 317. The summed E-state index contributed by atoms with van der Waals surface area (Å²) < 4.78 is 1.92. The van der Waals surface area contributed by atoms with Crippen molar-refractivity contribution in [3.8, 4) is 0 Å². The Morgan fingerprint density at radius 1 is 1.62 bits per heavy atom. The highest BCUT2D eigenvalue weighted by Crippen LogP contribution is 2.08. The van der Waals surface area contributed by atoms with Crippen LogP contribution in [0.3, 0.4) is 0 Å². The predicted molar refractivity (Wildman–Crippen MR) is 66.3 cm³/mol. The lowest BCUT2D eigenvalue weighted by molar-refractivity contribution is -0.141. The van der Waals surface area contributed by atoms with Crippen molar-refractivity contribution >= 4 is 30.8 Å². The summed E-state index contributed by atoms with van der Waals surface area (Å²) in [5.74, 6) is -1.37. The molecule has 1 atom stereocenters. The summed E-state index contributed by atoms with van der Waals surface area (Å²) in [5, 5.41) is 8.83. The number of aliphatic carboxylic acids is 1. The first-order valence-electron chi connectivity index (χ1n) is 4.60. The number of carboxylic acid groups (broad SMARTS) is 1. The second-order valence-electron chi connectivity index (χ2n) is 3.15. The van der Waals surface area contributed by atoms with Gasteiger partial charge in [-0.15, -0.1) is 24.8 Å². The van der Waals surface area contributed by atoms with Gasteiger partial charge in [-0.2, -0.15) is 0 Å². The van der Waals surface area contributed by atoms with E-state index in [0.717, 1.165) is 12.2 Å². The number of hydrogen-bond donors (Lipinski definition) is 2. The zero-order valence-corrected chi connectivity index (χ0v) is 10.6. The Labute approximate surface area is 107 Å². The van der Waals surface area contributed by atoms with Crippen LogP contribution < -0.4 is 5.73 Å². The number of rotatable bonds is 5. The highest BCUT2D eigenvalue weighted by atomic mass is 35.5. The molecule has 7 heteroatoms. The highest BCUT2D eigenvalue weighted by molar-refractivity contribution is 5.85. The van der Waals surface area contributed by atoms with Gasteiger partial charge in [-0.1, -0.05) is 0 Å². The van der Waals surface area contributed by atoms with E-state index in [1.807, 2.05) is 11.5 Å². The second-order valence-corrected chi connectivity index (χ2v) is 3.15. The molecule has 0 saturated carbocycles. The minimum atomic E-state index is -0.851. The van der Waals surface area contributed by atoms with Crippen LogP contribution in [0.1, 0.15) is 12.6 Å². The molecule has 1 heterocycles. The van der Waals surface area contributed by atoms with Crippen molar-refractivity contribution in [2.45, 2.75) is 19.9 Å². The predicted octanol–water partition coefficient (Wildman–Crippen LogP) is 0.949. The zero-order chi connectivity index (χ0) is 10.6. The average Bonchev–Trinajstić information content (AvgIpc) is 2.60. The minimum absolute atomic E-state index is 0. The molecule has 0 radical (unpaired) electrons. The molecule has 0 amide bonds.